The molecule has 2 aliphatic heterocycles. The SMILES string of the molecule is CC1OCC(O)CC1OC1OC(CO)C(O)C(O)C1O. The normalized spacial score (nSPS) is 50.1. The Morgan fingerprint density at radius 1 is 1.10 bits per heavy atom. The topological polar surface area (TPSA) is 129 Å². The van der Waals surface area contributed by atoms with Gasteiger partial charge in [0.05, 0.1) is 31.5 Å². The zero-order valence-electron chi connectivity index (χ0n) is 11.2. The van der Waals surface area contributed by atoms with Gasteiger partial charge in [-0.25, -0.2) is 0 Å². The summed E-state index contributed by atoms with van der Waals surface area (Å²) in [6, 6.07) is 0. The van der Waals surface area contributed by atoms with Crippen LogP contribution in [0.2, 0.25) is 0 Å². The van der Waals surface area contributed by atoms with Gasteiger partial charge in [0, 0.05) is 6.42 Å². The fraction of sp³-hybridized carbons (Fsp3) is 1.00. The second-order valence-corrected chi connectivity index (χ2v) is 5.30. The number of rotatable bonds is 3. The van der Waals surface area contributed by atoms with E-state index in [-0.39, 0.29) is 12.7 Å². The van der Waals surface area contributed by atoms with Gasteiger partial charge in [0.25, 0.3) is 0 Å². The summed E-state index contributed by atoms with van der Waals surface area (Å²) in [5.41, 5.74) is 0. The molecule has 2 aliphatic rings. The van der Waals surface area contributed by atoms with Gasteiger partial charge in [-0.15, -0.1) is 0 Å². The predicted octanol–water partition coefficient (Wildman–Crippen LogP) is -2.66. The third kappa shape index (κ3) is 3.29. The maximum absolute atomic E-state index is 9.86. The van der Waals surface area contributed by atoms with Crippen LogP contribution in [0.5, 0.6) is 0 Å². The van der Waals surface area contributed by atoms with E-state index in [0.717, 1.165) is 0 Å². The minimum absolute atomic E-state index is 0.218. The van der Waals surface area contributed by atoms with Crippen molar-refractivity contribution in [3.63, 3.8) is 0 Å². The third-order valence-corrected chi connectivity index (χ3v) is 3.74. The van der Waals surface area contributed by atoms with Crippen molar-refractivity contribution in [2.45, 2.75) is 62.4 Å². The maximum atomic E-state index is 9.86. The van der Waals surface area contributed by atoms with Crippen LogP contribution >= 0.6 is 0 Å². The van der Waals surface area contributed by atoms with E-state index in [9.17, 15) is 20.4 Å². The second-order valence-electron chi connectivity index (χ2n) is 5.30. The first-order chi connectivity index (χ1) is 9.43. The lowest BCUT2D eigenvalue weighted by molar-refractivity contribution is -0.323. The van der Waals surface area contributed by atoms with Crippen molar-refractivity contribution < 1.29 is 39.7 Å². The van der Waals surface area contributed by atoms with Crippen LogP contribution in [-0.4, -0.2) is 87.8 Å². The molecule has 0 amide bonds. The Kier molecular flexibility index (Phi) is 5.32. The largest absolute Gasteiger partial charge is 0.394 e. The number of hydrogen-bond donors (Lipinski definition) is 5. The van der Waals surface area contributed by atoms with Gasteiger partial charge in [0.15, 0.2) is 6.29 Å². The van der Waals surface area contributed by atoms with Gasteiger partial charge in [-0.2, -0.15) is 0 Å². The molecule has 2 fully saturated rings. The molecule has 0 saturated carbocycles. The van der Waals surface area contributed by atoms with Gasteiger partial charge in [0.2, 0.25) is 0 Å². The van der Waals surface area contributed by atoms with Crippen LogP contribution in [0.15, 0.2) is 0 Å². The Hall–Kier alpha value is -0.320. The van der Waals surface area contributed by atoms with Crippen molar-refractivity contribution in [1.29, 1.82) is 0 Å². The molecule has 0 spiro atoms. The lowest BCUT2D eigenvalue weighted by Crippen LogP contribution is -2.60. The molecule has 20 heavy (non-hydrogen) atoms. The summed E-state index contributed by atoms with van der Waals surface area (Å²) in [7, 11) is 0. The van der Waals surface area contributed by atoms with Gasteiger partial charge >= 0.3 is 0 Å². The number of aliphatic hydroxyl groups excluding tert-OH is 5. The maximum Gasteiger partial charge on any atom is 0.187 e. The van der Waals surface area contributed by atoms with E-state index in [0.29, 0.717) is 6.42 Å². The van der Waals surface area contributed by atoms with Crippen molar-refractivity contribution in [2.75, 3.05) is 13.2 Å². The molecular formula is C12H22O8. The quantitative estimate of drug-likeness (QED) is 0.381. The minimum atomic E-state index is -1.48. The smallest absolute Gasteiger partial charge is 0.187 e. The zero-order valence-corrected chi connectivity index (χ0v) is 11.2. The van der Waals surface area contributed by atoms with Crippen LogP contribution < -0.4 is 0 Å². The average molecular weight is 294 g/mol. The molecule has 8 unspecified atom stereocenters. The van der Waals surface area contributed by atoms with Crippen molar-refractivity contribution >= 4 is 0 Å². The van der Waals surface area contributed by atoms with Gasteiger partial charge in [0.1, 0.15) is 24.4 Å². The fourth-order valence-corrected chi connectivity index (χ4v) is 2.42. The van der Waals surface area contributed by atoms with Crippen LogP contribution in [0, 0.1) is 0 Å². The number of aliphatic hydroxyl groups is 5. The molecule has 0 radical (unpaired) electrons. The van der Waals surface area contributed by atoms with Crippen molar-refractivity contribution in [2.24, 2.45) is 0 Å². The van der Waals surface area contributed by atoms with E-state index in [1.54, 1.807) is 6.92 Å². The summed E-state index contributed by atoms with van der Waals surface area (Å²) in [5, 5.41) is 47.8. The Morgan fingerprint density at radius 3 is 2.45 bits per heavy atom. The Bertz CT molecular complexity index is 312. The van der Waals surface area contributed by atoms with Crippen LogP contribution in [-0.2, 0) is 14.2 Å². The molecular weight excluding hydrogens is 272 g/mol. The van der Waals surface area contributed by atoms with Crippen LogP contribution in [0.3, 0.4) is 0 Å². The average Bonchev–Trinajstić information content (AvgIpc) is 2.43. The Morgan fingerprint density at radius 2 is 1.80 bits per heavy atom. The minimum Gasteiger partial charge on any atom is -0.394 e. The van der Waals surface area contributed by atoms with Crippen molar-refractivity contribution in [3.05, 3.63) is 0 Å². The summed E-state index contributed by atoms with van der Waals surface area (Å²) in [6.45, 7) is 1.47. The highest BCUT2D eigenvalue weighted by molar-refractivity contribution is 4.90. The molecule has 2 rings (SSSR count). The Balaban J connectivity index is 2.00. The molecule has 8 nitrogen and oxygen atoms in total. The summed E-state index contributed by atoms with van der Waals surface area (Å²) >= 11 is 0. The Labute approximate surface area is 116 Å². The highest BCUT2D eigenvalue weighted by Crippen LogP contribution is 2.26. The lowest BCUT2D eigenvalue weighted by Gasteiger charge is -2.42. The van der Waals surface area contributed by atoms with Gasteiger partial charge < -0.3 is 39.7 Å². The molecule has 8 atom stereocenters. The first kappa shape index (κ1) is 16.1. The summed E-state index contributed by atoms with van der Waals surface area (Å²) in [4.78, 5) is 0. The number of hydrogen-bond acceptors (Lipinski definition) is 8. The predicted molar refractivity (Wildman–Crippen MR) is 64.7 cm³/mol. The standard InChI is InChI=1S/C12H22O8/c1-5-7(2-6(14)4-18-5)19-12-11(17)10(16)9(15)8(3-13)20-12/h5-17H,2-4H2,1H3. The summed E-state index contributed by atoms with van der Waals surface area (Å²) in [6.07, 6.45) is -7.71. The van der Waals surface area contributed by atoms with Crippen molar-refractivity contribution in [1.82, 2.24) is 0 Å². The fourth-order valence-electron chi connectivity index (χ4n) is 2.42. The van der Waals surface area contributed by atoms with E-state index in [4.69, 9.17) is 19.3 Å². The second kappa shape index (κ2) is 6.63. The lowest BCUT2D eigenvalue weighted by atomic mass is 9.98. The summed E-state index contributed by atoms with van der Waals surface area (Å²) < 4.78 is 16.1. The third-order valence-electron chi connectivity index (χ3n) is 3.74. The first-order valence-corrected chi connectivity index (χ1v) is 6.69. The molecule has 2 heterocycles. The molecule has 118 valence electrons. The molecule has 5 N–H and O–H groups in total. The van der Waals surface area contributed by atoms with Crippen LogP contribution in [0.25, 0.3) is 0 Å². The van der Waals surface area contributed by atoms with Gasteiger partial charge in [-0.1, -0.05) is 0 Å². The van der Waals surface area contributed by atoms with E-state index < -0.39 is 49.5 Å². The van der Waals surface area contributed by atoms with E-state index in [1.807, 2.05) is 0 Å². The molecule has 0 aromatic rings. The van der Waals surface area contributed by atoms with E-state index in [1.165, 1.54) is 0 Å². The van der Waals surface area contributed by atoms with E-state index >= 15 is 0 Å². The van der Waals surface area contributed by atoms with E-state index in [2.05, 4.69) is 0 Å². The molecule has 8 heteroatoms. The molecule has 0 aliphatic carbocycles. The zero-order chi connectivity index (χ0) is 14.9. The van der Waals surface area contributed by atoms with Crippen LogP contribution in [0.4, 0.5) is 0 Å². The first-order valence-electron chi connectivity index (χ1n) is 6.69. The highest BCUT2D eigenvalue weighted by Gasteiger charge is 2.45. The number of ether oxygens (including phenoxy) is 3. The molecule has 0 aromatic carbocycles. The van der Waals surface area contributed by atoms with Crippen LogP contribution in [0.1, 0.15) is 13.3 Å². The molecule has 0 bridgehead atoms. The monoisotopic (exact) mass is 294 g/mol. The van der Waals surface area contributed by atoms with Crippen molar-refractivity contribution in [3.8, 4) is 0 Å². The highest BCUT2D eigenvalue weighted by atomic mass is 16.7. The molecule has 0 aromatic heterocycles. The molecule has 2 saturated heterocycles. The van der Waals surface area contributed by atoms with Gasteiger partial charge in [-0.05, 0) is 6.92 Å². The van der Waals surface area contributed by atoms with Gasteiger partial charge in [-0.3, -0.25) is 0 Å². The summed E-state index contributed by atoms with van der Waals surface area (Å²) in [5.74, 6) is 0.